The number of carbonyl (C=O) groups is 1. The predicted octanol–water partition coefficient (Wildman–Crippen LogP) is 3.98. The number of benzene rings is 2. The Morgan fingerprint density at radius 3 is 2.19 bits per heavy atom. The first-order chi connectivity index (χ1) is 9.95. The van der Waals surface area contributed by atoms with Crippen LogP contribution in [-0.2, 0) is 4.79 Å². The van der Waals surface area contributed by atoms with Crippen molar-refractivity contribution in [3.05, 3.63) is 59.2 Å². The van der Waals surface area contributed by atoms with Gasteiger partial charge in [0.05, 0.1) is 0 Å². The summed E-state index contributed by atoms with van der Waals surface area (Å²) in [6.07, 6.45) is -0.659. The first-order valence-electron chi connectivity index (χ1n) is 6.98. The van der Waals surface area contributed by atoms with Gasteiger partial charge in [-0.3, -0.25) is 0 Å². The van der Waals surface area contributed by atoms with Gasteiger partial charge in [0.25, 0.3) is 0 Å². The van der Waals surface area contributed by atoms with Gasteiger partial charge < -0.3 is 9.47 Å². The fourth-order valence-corrected chi connectivity index (χ4v) is 1.97. The Hall–Kier alpha value is -2.29. The molecule has 2 aromatic rings. The quantitative estimate of drug-likeness (QED) is 0.629. The molecule has 0 aliphatic heterocycles. The molecule has 21 heavy (non-hydrogen) atoms. The van der Waals surface area contributed by atoms with Gasteiger partial charge in [-0.05, 0) is 51.5 Å². The van der Waals surface area contributed by atoms with Gasteiger partial charge in [-0.25, -0.2) is 4.79 Å². The van der Waals surface area contributed by atoms with Gasteiger partial charge in [-0.1, -0.05) is 35.4 Å². The average Bonchev–Trinajstić information content (AvgIpc) is 2.44. The standard InChI is InChI=1S/C18H20O3/c1-12-5-8-16(9-6-12)20-15(4)18(19)21-17-10-7-13(2)11-14(17)3/h5-11,15H,1-4H3. The van der Waals surface area contributed by atoms with Crippen LogP contribution >= 0.6 is 0 Å². The van der Waals surface area contributed by atoms with Crippen LogP contribution in [0.4, 0.5) is 0 Å². The molecule has 0 aromatic heterocycles. The molecular weight excluding hydrogens is 264 g/mol. The van der Waals surface area contributed by atoms with E-state index in [9.17, 15) is 4.79 Å². The summed E-state index contributed by atoms with van der Waals surface area (Å²) in [5.74, 6) is 0.832. The summed E-state index contributed by atoms with van der Waals surface area (Å²) in [5.41, 5.74) is 3.22. The predicted molar refractivity (Wildman–Crippen MR) is 82.8 cm³/mol. The fraction of sp³-hybridized carbons (Fsp3) is 0.278. The maximum absolute atomic E-state index is 12.1. The summed E-state index contributed by atoms with van der Waals surface area (Å²) in [6.45, 7) is 7.61. The fourth-order valence-electron chi connectivity index (χ4n) is 1.97. The van der Waals surface area contributed by atoms with Gasteiger partial charge in [-0.15, -0.1) is 0 Å². The van der Waals surface area contributed by atoms with Gasteiger partial charge >= 0.3 is 5.97 Å². The Balaban J connectivity index is 2.00. The highest BCUT2D eigenvalue weighted by Gasteiger charge is 2.18. The van der Waals surface area contributed by atoms with Gasteiger partial charge in [0.15, 0.2) is 6.10 Å². The molecular formula is C18H20O3. The van der Waals surface area contributed by atoms with Crippen molar-refractivity contribution in [2.75, 3.05) is 0 Å². The van der Waals surface area contributed by atoms with Crippen LogP contribution in [-0.4, -0.2) is 12.1 Å². The minimum absolute atomic E-state index is 0.400. The van der Waals surface area contributed by atoms with E-state index in [0.29, 0.717) is 11.5 Å². The zero-order chi connectivity index (χ0) is 15.4. The van der Waals surface area contributed by atoms with E-state index in [1.807, 2.05) is 57.2 Å². The first kappa shape index (κ1) is 15.1. The Morgan fingerprint density at radius 1 is 0.952 bits per heavy atom. The zero-order valence-electron chi connectivity index (χ0n) is 12.8. The lowest BCUT2D eigenvalue weighted by molar-refractivity contribution is -0.141. The van der Waals surface area contributed by atoms with E-state index in [2.05, 4.69) is 0 Å². The normalized spacial score (nSPS) is 11.8. The monoisotopic (exact) mass is 284 g/mol. The van der Waals surface area contributed by atoms with Crippen molar-refractivity contribution in [2.45, 2.75) is 33.8 Å². The van der Waals surface area contributed by atoms with E-state index in [1.165, 1.54) is 0 Å². The lowest BCUT2D eigenvalue weighted by Crippen LogP contribution is -2.28. The number of carbonyl (C=O) groups excluding carboxylic acids is 1. The minimum Gasteiger partial charge on any atom is -0.479 e. The summed E-state index contributed by atoms with van der Waals surface area (Å²) in [7, 11) is 0. The molecule has 0 bridgehead atoms. The molecule has 0 heterocycles. The van der Waals surface area contributed by atoms with E-state index in [4.69, 9.17) is 9.47 Å². The van der Waals surface area contributed by atoms with Gasteiger partial charge in [0.2, 0.25) is 0 Å². The molecule has 2 rings (SSSR count). The Kier molecular flexibility index (Phi) is 4.63. The van der Waals surface area contributed by atoms with Gasteiger partial charge in [-0.2, -0.15) is 0 Å². The molecule has 1 unspecified atom stereocenters. The number of hydrogen-bond acceptors (Lipinski definition) is 3. The number of esters is 1. The summed E-state index contributed by atoms with van der Waals surface area (Å²) in [4.78, 5) is 12.1. The second kappa shape index (κ2) is 6.44. The highest BCUT2D eigenvalue weighted by atomic mass is 16.6. The van der Waals surface area contributed by atoms with Crippen molar-refractivity contribution in [2.24, 2.45) is 0 Å². The largest absolute Gasteiger partial charge is 0.479 e. The van der Waals surface area contributed by atoms with Crippen molar-refractivity contribution in [3.8, 4) is 11.5 Å². The molecule has 0 radical (unpaired) electrons. The molecule has 0 fully saturated rings. The second-order valence-electron chi connectivity index (χ2n) is 5.26. The molecule has 2 aromatic carbocycles. The third-order valence-electron chi connectivity index (χ3n) is 3.21. The first-order valence-corrected chi connectivity index (χ1v) is 6.98. The molecule has 0 N–H and O–H groups in total. The van der Waals surface area contributed by atoms with Crippen LogP contribution in [0, 0.1) is 20.8 Å². The molecule has 0 saturated carbocycles. The van der Waals surface area contributed by atoms with Crippen LogP contribution in [0.1, 0.15) is 23.6 Å². The Labute approximate surface area is 125 Å². The molecule has 0 saturated heterocycles. The number of hydrogen-bond donors (Lipinski definition) is 0. The number of aryl methyl sites for hydroxylation is 3. The molecule has 0 aliphatic rings. The molecule has 3 nitrogen and oxygen atoms in total. The Morgan fingerprint density at radius 2 is 1.57 bits per heavy atom. The van der Waals surface area contributed by atoms with Crippen molar-refractivity contribution in [3.63, 3.8) is 0 Å². The van der Waals surface area contributed by atoms with E-state index in [-0.39, 0.29) is 0 Å². The third-order valence-corrected chi connectivity index (χ3v) is 3.21. The average molecular weight is 284 g/mol. The smallest absolute Gasteiger partial charge is 0.352 e. The molecule has 0 spiro atoms. The molecule has 110 valence electrons. The lowest BCUT2D eigenvalue weighted by Gasteiger charge is -2.15. The van der Waals surface area contributed by atoms with Gasteiger partial charge in [0.1, 0.15) is 11.5 Å². The summed E-state index contributed by atoms with van der Waals surface area (Å²) in [6, 6.07) is 13.3. The second-order valence-corrected chi connectivity index (χ2v) is 5.26. The van der Waals surface area contributed by atoms with Crippen molar-refractivity contribution < 1.29 is 14.3 Å². The third kappa shape index (κ3) is 4.09. The minimum atomic E-state index is -0.659. The van der Waals surface area contributed by atoms with Crippen LogP contribution in [0.5, 0.6) is 11.5 Å². The molecule has 3 heteroatoms. The van der Waals surface area contributed by atoms with E-state index >= 15 is 0 Å². The van der Waals surface area contributed by atoms with E-state index in [0.717, 1.165) is 16.7 Å². The van der Waals surface area contributed by atoms with E-state index < -0.39 is 12.1 Å². The van der Waals surface area contributed by atoms with Crippen LogP contribution < -0.4 is 9.47 Å². The lowest BCUT2D eigenvalue weighted by atomic mass is 10.1. The maximum Gasteiger partial charge on any atom is 0.352 e. The summed E-state index contributed by atoms with van der Waals surface area (Å²) in [5, 5.41) is 0. The maximum atomic E-state index is 12.1. The number of ether oxygens (including phenoxy) is 2. The van der Waals surface area contributed by atoms with Crippen LogP contribution in [0.3, 0.4) is 0 Å². The molecule has 1 atom stereocenters. The van der Waals surface area contributed by atoms with Crippen LogP contribution in [0.15, 0.2) is 42.5 Å². The zero-order valence-corrected chi connectivity index (χ0v) is 12.8. The van der Waals surface area contributed by atoms with Crippen LogP contribution in [0.25, 0.3) is 0 Å². The van der Waals surface area contributed by atoms with E-state index in [1.54, 1.807) is 13.0 Å². The SMILES string of the molecule is Cc1ccc(OC(C)C(=O)Oc2ccc(C)cc2C)cc1. The topological polar surface area (TPSA) is 35.5 Å². The number of rotatable bonds is 4. The molecule has 0 amide bonds. The highest BCUT2D eigenvalue weighted by molar-refractivity contribution is 5.77. The van der Waals surface area contributed by atoms with Crippen molar-refractivity contribution in [1.29, 1.82) is 0 Å². The van der Waals surface area contributed by atoms with Crippen molar-refractivity contribution >= 4 is 5.97 Å². The van der Waals surface area contributed by atoms with Gasteiger partial charge in [0, 0.05) is 0 Å². The summed E-state index contributed by atoms with van der Waals surface area (Å²) >= 11 is 0. The summed E-state index contributed by atoms with van der Waals surface area (Å²) < 4.78 is 11.0. The Bertz CT molecular complexity index is 629. The van der Waals surface area contributed by atoms with Crippen molar-refractivity contribution in [1.82, 2.24) is 0 Å². The highest BCUT2D eigenvalue weighted by Crippen LogP contribution is 2.20. The molecule has 0 aliphatic carbocycles. The van der Waals surface area contributed by atoms with Crippen LogP contribution in [0.2, 0.25) is 0 Å².